The molecule has 254 valence electrons. The number of hydrogen-bond donors (Lipinski definition) is 0. The Bertz CT molecular complexity index is 2410. The molecule has 0 spiro atoms. The predicted molar refractivity (Wildman–Crippen MR) is 195 cm³/mol. The number of nitriles is 1. The number of esters is 1. The summed E-state index contributed by atoms with van der Waals surface area (Å²) >= 11 is 2.98. The quantitative estimate of drug-likeness (QED) is 0.179. The first-order valence-corrected chi connectivity index (χ1v) is 18.2. The van der Waals surface area contributed by atoms with Crippen LogP contribution in [0.25, 0.3) is 16.8 Å². The van der Waals surface area contributed by atoms with Crippen molar-refractivity contribution in [3.05, 3.63) is 124 Å². The van der Waals surface area contributed by atoms with Gasteiger partial charge in [-0.05, 0) is 87.4 Å². The van der Waals surface area contributed by atoms with Crippen molar-refractivity contribution in [3.8, 4) is 22.6 Å². The summed E-state index contributed by atoms with van der Waals surface area (Å²) in [6.07, 6.45) is 6.07. The molecule has 0 N–H and O–H groups in total. The van der Waals surface area contributed by atoms with E-state index in [2.05, 4.69) is 16.7 Å². The maximum atomic E-state index is 14.6. The molecule has 0 radical (unpaired) electrons. The van der Waals surface area contributed by atoms with Gasteiger partial charge in [-0.15, -0.1) is 11.3 Å². The highest BCUT2D eigenvalue weighted by Crippen LogP contribution is 2.40. The van der Waals surface area contributed by atoms with Gasteiger partial charge in [0, 0.05) is 21.8 Å². The van der Waals surface area contributed by atoms with E-state index in [9.17, 15) is 14.9 Å². The number of fused-ring (bicyclic) bond motifs is 2. The zero-order valence-electron chi connectivity index (χ0n) is 28.5. The number of carbonyl (C=O) groups excluding carboxylic acids is 1. The average Bonchev–Trinajstić information content (AvgIpc) is 3.76. The molecule has 1 aliphatic carbocycles. The van der Waals surface area contributed by atoms with Crippen LogP contribution in [-0.4, -0.2) is 35.9 Å². The maximum Gasteiger partial charge on any atom is 0.338 e. The van der Waals surface area contributed by atoms with Crippen LogP contribution in [0, 0.1) is 25.2 Å². The van der Waals surface area contributed by atoms with Gasteiger partial charge < -0.3 is 18.8 Å². The number of thiophene rings is 1. The van der Waals surface area contributed by atoms with Gasteiger partial charge in [0.25, 0.3) is 5.56 Å². The van der Waals surface area contributed by atoms with Gasteiger partial charge in [-0.25, -0.2) is 9.79 Å². The number of thiazole rings is 1. The lowest BCUT2D eigenvalue weighted by Crippen LogP contribution is -2.40. The Hall–Kier alpha value is -5.18. The zero-order chi connectivity index (χ0) is 35.1. The molecule has 9 nitrogen and oxygen atoms in total. The highest BCUT2D eigenvalue weighted by Gasteiger charge is 2.36. The van der Waals surface area contributed by atoms with Crippen molar-refractivity contribution in [2.45, 2.75) is 52.5 Å². The summed E-state index contributed by atoms with van der Waals surface area (Å²) in [6, 6.07) is 18.5. The Morgan fingerprint density at radius 3 is 2.52 bits per heavy atom. The summed E-state index contributed by atoms with van der Waals surface area (Å²) in [6.45, 7) is 5.96. The normalized spacial score (nSPS) is 15.6. The number of ether oxygens (including phenoxy) is 3. The minimum atomic E-state index is -0.856. The standard InChI is InChI=1S/C39H36N4O5S2/c1-6-48-38(45)33-34(24-12-8-7-9-13-24)41-39-43(35(33)25-16-17-29(46-4)30(19-25)47-5)36(44)32(50-39)20-26-18-22(2)42(23(26)3)37-28(21-40)27-14-10-11-15-31(27)49-37/h7-9,12-13,16-20,35H,6,10-11,14-15H2,1-5H3/b32-20+/t35-/m1/s1. The molecule has 0 bridgehead atoms. The number of nitrogens with zero attached hydrogens (tertiary/aromatic N) is 4. The van der Waals surface area contributed by atoms with E-state index in [4.69, 9.17) is 19.2 Å². The Kier molecular flexibility index (Phi) is 9.07. The molecule has 0 unspecified atom stereocenters. The smallest absolute Gasteiger partial charge is 0.338 e. The van der Waals surface area contributed by atoms with Crippen molar-refractivity contribution < 1.29 is 19.0 Å². The van der Waals surface area contributed by atoms with Crippen molar-refractivity contribution in [2.24, 2.45) is 4.99 Å². The van der Waals surface area contributed by atoms with Crippen LogP contribution >= 0.6 is 22.7 Å². The third-order valence-corrected chi connectivity index (χ3v) is 11.6. The predicted octanol–water partition coefficient (Wildman–Crippen LogP) is 6.17. The van der Waals surface area contributed by atoms with E-state index in [0.717, 1.165) is 58.8 Å². The van der Waals surface area contributed by atoms with E-state index in [0.29, 0.717) is 32.1 Å². The second kappa shape index (κ2) is 13.6. The molecule has 0 saturated carbocycles. The molecule has 50 heavy (non-hydrogen) atoms. The Labute approximate surface area is 297 Å². The average molecular weight is 705 g/mol. The van der Waals surface area contributed by atoms with Gasteiger partial charge in [0.1, 0.15) is 11.1 Å². The van der Waals surface area contributed by atoms with Gasteiger partial charge in [-0.2, -0.15) is 5.26 Å². The minimum absolute atomic E-state index is 0.157. The van der Waals surface area contributed by atoms with E-state index in [1.54, 1.807) is 49.2 Å². The fourth-order valence-electron chi connectivity index (χ4n) is 6.99. The summed E-state index contributed by atoms with van der Waals surface area (Å²) in [4.78, 5) is 35.2. The molecule has 0 amide bonds. The van der Waals surface area contributed by atoms with Gasteiger partial charge in [0.05, 0.1) is 48.2 Å². The van der Waals surface area contributed by atoms with E-state index >= 15 is 0 Å². The maximum absolute atomic E-state index is 14.6. The van der Waals surface area contributed by atoms with Crippen molar-refractivity contribution in [3.63, 3.8) is 0 Å². The lowest BCUT2D eigenvalue weighted by molar-refractivity contribution is -0.138. The van der Waals surface area contributed by atoms with Crippen LogP contribution in [0.1, 0.15) is 69.9 Å². The van der Waals surface area contributed by atoms with Crippen molar-refractivity contribution in [1.82, 2.24) is 9.13 Å². The summed E-state index contributed by atoms with van der Waals surface area (Å²) in [5, 5.41) is 11.1. The number of benzene rings is 2. The lowest BCUT2D eigenvalue weighted by Gasteiger charge is -2.26. The molecule has 0 saturated heterocycles. The van der Waals surface area contributed by atoms with E-state index in [1.807, 2.05) is 56.3 Å². The third kappa shape index (κ3) is 5.58. The first kappa shape index (κ1) is 33.3. The topological polar surface area (TPSA) is 108 Å². The molecule has 2 aliphatic rings. The zero-order valence-corrected chi connectivity index (χ0v) is 30.2. The van der Waals surface area contributed by atoms with Gasteiger partial charge in [-0.1, -0.05) is 47.7 Å². The monoisotopic (exact) mass is 704 g/mol. The van der Waals surface area contributed by atoms with Gasteiger partial charge in [0.2, 0.25) is 0 Å². The first-order chi connectivity index (χ1) is 24.3. The molecule has 3 aromatic heterocycles. The van der Waals surface area contributed by atoms with E-state index in [1.165, 1.54) is 21.8 Å². The summed E-state index contributed by atoms with van der Waals surface area (Å²) in [5.74, 6) is 0.433. The number of aromatic nitrogens is 2. The Balaban J connectivity index is 1.45. The van der Waals surface area contributed by atoms with Crippen molar-refractivity contribution >= 4 is 40.4 Å². The first-order valence-electron chi connectivity index (χ1n) is 16.5. The Morgan fingerprint density at radius 2 is 1.80 bits per heavy atom. The molecular weight excluding hydrogens is 669 g/mol. The van der Waals surface area contributed by atoms with Crippen molar-refractivity contribution in [1.29, 1.82) is 5.26 Å². The van der Waals surface area contributed by atoms with E-state index < -0.39 is 12.0 Å². The molecule has 7 rings (SSSR count). The molecular formula is C39H36N4O5S2. The van der Waals surface area contributed by atoms with Gasteiger partial charge in [0.15, 0.2) is 16.3 Å². The fraction of sp³-hybridized carbons (Fsp3) is 0.282. The number of methoxy groups -OCH3 is 2. The fourth-order valence-corrected chi connectivity index (χ4v) is 9.43. The van der Waals surface area contributed by atoms with Gasteiger partial charge in [-0.3, -0.25) is 9.36 Å². The van der Waals surface area contributed by atoms with Crippen LogP contribution in [0.15, 0.2) is 70.0 Å². The number of carbonyl (C=O) groups is 1. The highest BCUT2D eigenvalue weighted by atomic mass is 32.1. The molecule has 2 aromatic carbocycles. The van der Waals surface area contributed by atoms with Crippen LogP contribution in [0.3, 0.4) is 0 Å². The van der Waals surface area contributed by atoms with Crippen LogP contribution in [0.4, 0.5) is 0 Å². The second-order valence-electron chi connectivity index (χ2n) is 12.2. The molecule has 1 aliphatic heterocycles. The molecule has 0 fully saturated rings. The van der Waals surface area contributed by atoms with Crippen molar-refractivity contribution in [2.75, 3.05) is 20.8 Å². The molecule has 11 heteroatoms. The van der Waals surface area contributed by atoms with Gasteiger partial charge >= 0.3 is 5.97 Å². The highest BCUT2D eigenvalue weighted by molar-refractivity contribution is 7.15. The third-order valence-electron chi connectivity index (χ3n) is 9.32. The minimum Gasteiger partial charge on any atom is -0.493 e. The van der Waals surface area contributed by atoms with Crippen LogP contribution in [0.5, 0.6) is 11.5 Å². The number of rotatable bonds is 8. The van der Waals surface area contributed by atoms with Crippen LogP contribution < -0.4 is 24.4 Å². The summed E-state index contributed by atoms with van der Waals surface area (Å²) < 4.78 is 20.9. The largest absolute Gasteiger partial charge is 0.493 e. The van der Waals surface area contributed by atoms with Crippen LogP contribution in [0.2, 0.25) is 0 Å². The SMILES string of the molecule is CCOC(=O)C1=C(c2ccccc2)N=c2s/c(=C/c3cc(C)n(-c4sc5c(c4C#N)CCCC5)c3C)c(=O)n2[C@@H]1c1ccc(OC)c(OC)c1. The Morgan fingerprint density at radius 1 is 1.04 bits per heavy atom. The second-order valence-corrected chi connectivity index (χ2v) is 14.3. The van der Waals surface area contributed by atoms with E-state index in [-0.39, 0.29) is 17.7 Å². The number of aryl methyl sites for hydroxylation is 2. The molecule has 5 aromatic rings. The van der Waals surface area contributed by atoms with Crippen LogP contribution in [-0.2, 0) is 22.4 Å². The summed E-state index contributed by atoms with van der Waals surface area (Å²) in [5.41, 5.74) is 6.53. The molecule has 1 atom stereocenters. The molecule has 4 heterocycles. The lowest BCUT2D eigenvalue weighted by atomic mass is 9.93. The number of hydrogen-bond acceptors (Lipinski definition) is 9. The summed E-state index contributed by atoms with van der Waals surface area (Å²) in [7, 11) is 3.11.